The van der Waals surface area contributed by atoms with Crippen molar-refractivity contribution in [3.8, 4) is 0 Å². The lowest BCUT2D eigenvalue weighted by atomic mass is 9.91. The van der Waals surface area contributed by atoms with Gasteiger partial charge in [-0.25, -0.2) is 0 Å². The van der Waals surface area contributed by atoms with Gasteiger partial charge in [0.15, 0.2) is 0 Å². The highest BCUT2D eigenvalue weighted by molar-refractivity contribution is 5.80. The fraction of sp³-hybridized carbons (Fsp3) is 0.941. The Morgan fingerprint density at radius 2 is 1.76 bits per heavy atom. The first-order chi connectivity index (χ1) is 9.67. The molecule has 4 nitrogen and oxygen atoms in total. The summed E-state index contributed by atoms with van der Waals surface area (Å²) in [5.41, 5.74) is -0.634. The molecule has 0 aliphatic rings. The van der Waals surface area contributed by atoms with E-state index in [0.717, 1.165) is 19.4 Å². The summed E-state index contributed by atoms with van der Waals surface area (Å²) in [6.07, 6.45) is 1.87. The van der Waals surface area contributed by atoms with Crippen molar-refractivity contribution < 1.29 is 9.53 Å². The maximum absolute atomic E-state index is 12.4. The van der Waals surface area contributed by atoms with Crippen molar-refractivity contribution in [3.63, 3.8) is 0 Å². The SMILES string of the molecule is CCCN(C(C)C)C(C)CC(C)(NC(C)C)C(=O)OCC. The van der Waals surface area contributed by atoms with Crippen molar-refractivity contribution in [1.82, 2.24) is 10.2 Å². The van der Waals surface area contributed by atoms with Crippen LogP contribution in [0, 0.1) is 0 Å². The van der Waals surface area contributed by atoms with Crippen LogP contribution in [-0.4, -0.2) is 47.7 Å². The van der Waals surface area contributed by atoms with Gasteiger partial charge >= 0.3 is 5.97 Å². The molecule has 21 heavy (non-hydrogen) atoms. The highest BCUT2D eigenvalue weighted by Gasteiger charge is 2.38. The maximum Gasteiger partial charge on any atom is 0.326 e. The first-order valence-electron chi connectivity index (χ1n) is 8.38. The topological polar surface area (TPSA) is 41.6 Å². The molecule has 4 heteroatoms. The average molecular weight is 300 g/mol. The molecule has 0 aliphatic carbocycles. The van der Waals surface area contributed by atoms with Crippen LogP contribution in [0.1, 0.15) is 68.2 Å². The molecule has 0 aliphatic heterocycles. The first-order valence-corrected chi connectivity index (χ1v) is 8.38. The van der Waals surface area contributed by atoms with Gasteiger partial charge in [0.05, 0.1) is 6.61 Å². The summed E-state index contributed by atoms with van der Waals surface area (Å²) < 4.78 is 5.29. The summed E-state index contributed by atoms with van der Waals surface area (Å²) in [6, 6.07) is 1.04. The van der Waals surface area contributed by atoms with Crippen LogP contribution in [0.4, 0.5) is 0 Å². The highest BCUT2D eigenvalue weighted by atomic mass is 16.5. The lowest BCUT2D eigenvalue weighted by Gasteiger charge is -2.39. The van der Waals surface area contributed by atoms with Crippen LogP contribution >= 0.6 is 0 Å². The van der Waals surface area contributed by atoms with E-state index in [-0.39, 0.29) is 12.0 Å². The minimum atomic E-state index is -0.634. The zero-order valence-corrected chi connectivity index (χ0v) is 15.3. The Hall–Kier alpha value is -0.610. The van der Waals surface area contributed by atoms with Crippen molar-refractivity contribution in [2.75, 3.05) is 13.2 Å². The molecule has 0 amide bonds. The van der Waals surface area contributed by atoms with Gasteiger partial charge in [0.2, 0.25) is 0 Å². The van der Waals surface area contributed by atoms with Gasteiger partial charge in [-0.15, -0.1) is 0 Å². The van der Waals surface area contributed by atoms with E-state index in [2.05, 4.69) is 51.8 Å². The number of carbonyl (C=O) groups excluding carboxylic acids is 1. The van der Waals surface area contributed by atoms with Crippen LogP contribution in [0.5, 0.6) is 0 Å². The molecule has 126 valence electrons. The molecule has 0 radical (unpaired) electrons. The third-order valence-corrected chi connectivity index (χ3v) is 3.75. The second-order valence-electron chi connectivity index (χ2n) is 6.74. The summed E-state index contributed by atoms with van der Waals surface area (Å²) in [5.74, 6) is -0.147. The number of esters is 1. The van der Waals surface area contributed by atoms with E-state index >= 15 is 0 Å². The Morgan fingerprint density at radius 1 is 1.19 bits per heavy atom. The van der Waals surface area contributed by atoms with Crippen LogP contribution < -0.4 is 5.32 Å². The number of carbonyl (C=O) groups is 1. The van der Waals surface area contributed by atoms with Gasteiger partial charge < -0.3 is 4.74 Å². The quantitative estimate of drug-likeness (QED) is 0.629. The molecule has 2 atom stereocenters. The van der Waals surface area contributed by atoms with Crippen molar-refractivity contribution in [1.29, 1.82) is 0 Å². The standard InChI is InChI=1S/C17H36N2O2/c1-9-11-19(14(5)6)15(7)12-17(8,18-13(3)4)16(20)21-10-2/h13-15,18H,9-12H2,1-8H3. The van der Waals surface area contributed by atoms with Crippen LogP contribution in [0.3, 0.4) is 0 Å². The highest BCUT2D eigenvalue weighted by Crippen LogP contribution is 2.21. The third kappa shape index (κ3) is 6.79. The maximum atomic E-state index is 12.4. The number of rotatable bonds is 10. The zero-order valence-electron chi connectivity index (χ0n) is 15.3. The summed E-state index contributed by atoms with van der Waals surface area (Å²) >= 11 is 0. The normalized spacial score (nSPS) is 16.3. The lowest BCUT2D eigenvalue weighted by molar-refractivity contribution is -0.151. The Morgan fingerprint density at radius 3 is 2.14 bits per heavy atom. The second kappa shape index (κ2) is 9.42. The van der Waals surface area contributed by atoms with E-state index in [1.807, 2.05) is 13.8 Å². The van der Waals surface area contributed by atoms with Gasteiger partial charge in [0.25, 0.3) is 0 Å². The molecule has 1 N–H and O–H groups in total. The molecule has 0 rings (SSSR count). The third-order valence-electron chi connectivity index (χ3n) is 3.75. The minimum absolute atomic E-state index is 0.147. The van der Waals surface area contributed by atoms with E-state index in [1.54, 1.807) is 0 Å². The van der Waals surface area contributed by atoms with Crippen LogP contribution in [0.2, 0.25) is 0 Å². The van der Waals surface area contributed by atoms with Crippen LogP contribution in [-0.2, 0) is 9.53 Å². The Balaban J connectivity index is 5.05. The van der Waals surface area contributed by atoms with Crippen LogP contribution in [0.25, 0.3) is 0 Å². The van der Waals surface area contributed by atoms with Crippen LogP contribution in [0.15, 0.2) is 0 Å². The predicted molar refractivity (Wildman–Crippen MR) is 89.5 cm³/mol. The average Bonchev–Trinajstić information content (AvgIpc) is 2.34. The Labute approximate surface area is 131 Å². The van der Waals surface area contributed by atoms with E-state index in [0.29, 0.717) is 18.7 Å². The monoisotopic (exact) mass is 300 g/mol. The zero-order chi connectivity index (χ0) is 16.6. The van der Waals surface area contributed by atoms with E-state index in [4.69, 9.17) is 4.74 Å². The van der Waals surface area contributed by atoms with Crippen molar-refractivity contribution >= 4 is 5.97 Å². The number of ether oxygens (including phenoxy) is 1. The van der Waals surface area contributed by atoms with E-state index in [1.165, 1.54) is 0 Å². The molecular formula is C17H36N2O2. The van der Waals surface area contributed by atoms with E-state index < -0.39 is 5.54 Å². The Bertz CT molecular complexity index is 305. The van der Waals surface area contributed by atoms with Crippen molar-refractivity contribution in [2.24, 2.45) is 0 Å². The van der Waals surface area contributed by atoms with Crippen molar-refractivity contribution in [2.45, 2.75) is 91.9 Å². The summed E-state index contributed by atoms with van der Waals surface area (Å²) in [5, 5.41) is 3.41. The lowest BCUT2D eigenvalue weighted by Crippen LogP contribution is -2.57. The van der Waals surface area contributed by atoms with Gasteiger partial charge in [-0.2, -0.15) is 0 Å². The fourth-order valence-corrected chi connectivity index (χ4v) is 3.08. The van der Waals surface area contributed by atoms with Gasteiger partial charge in [0, 0.05) is 18.1 Å². The fourth-order valence-electron chi connectivity index (χ4n) is 3.08. The smallest absolute Gasteiger partial charge is 0.326 e. The van der Waals surface area contributed by atoms with Gasteiger partial charge in [0.1, 0.15) is 5.54 Å². The van der Waals surface area contributed by atoms with Crippen molar-refractivity contribution in [3.05, 3.63) is 0 Å². The molecule has 0 saturated heterocycles. The minimum Gasteiger partial charge on any atom is -0.465 e. The number of nitrogens with one attached hydrogen (secondary N) is 1. The number of hydrogen-bond acceptors (Lipinski definition) is 4. The number of nitrogens with zero attached hydrogens (tertiary/aromatic N) is 1. The largest absolute Gasteiger partial charge is 0.465 e. The molecule has 0 heterocycles. The number of hydrogen-bond donors (Lipinski definition) is 1. The second-order valence-corrected chi connectivity index (χ2v) is 6.74. The molecule has 0 aromatic carbocycles. The molecule has 0 fully saturated rings. The molecule has 2 unspecified atom stereocenters. The first kappa shape index (κ1) is 20.4. The van der Waals surface area contributed by atoms with Gasteiger partial charge in [-0.1, -0.05) is 6.92 Å². The molecule has 0 bridgehead atoms. The molecule has 0 aromatic heterocycles. The van der Waals surface area contributed by atoms with Gasteiger partial charge in [-0.05, 0) is 67.9 Å². The van der Waals surface area contributed by atoms with Gasteiger partial charge in [-0.3, -0.25) is 15.0 Å². The molecule has 0 aromatic rings. The Kier molecular flexibility index (Phi) is 9.14. The summed E-state index contributed by atoms with van der Waals surface area (Å²) in [6.45, 7) is 18.2. The van der Waals surface area contributed by atoms with E-state index in [9.17, 15) is 4.79 Å². The molecular weight excluding hydrogens is 264 g/mol. The predicted octanol–water partition coefficient (Wildman–Crippen LogP) is 3.21. The molecule has 0 saturated carbocycles. The molecule has 0 spiro atoms. The summed E-state index contributed by atoms with van der Waals surface area (Å²) in [4.78, 5) is 14.8. The summed E-state index contributed by atoms with van der Waals surface area (Å²) in [7, 11) is 0.